The minimum Gasteiger partial charge on any atom is -0.481 e. The Balaban J connectivity index is 1.96. The van der Waals surface area contributed by atoms with Crippen LogP contribution in [0, 0.1) is 0 Å². The summed E-state index contributed by atoms with van der Waals surface area (Å²) in [4.78, 5) is 24.1. The molecule has 0 bridgehead atoms. The molecule has 0 saturated carbocycles. The Hall–Kier alpha value is -2.05. The lowest BCUT2D eigenvalue weighted by Gasteiger charge is -2.28. The van der Waals surface area contributed by atoms with Gasteiger partial charge >= 0.3 is 5.97 Å². The maximum absolute atomic E-state index is 12.2. The molecule has 5 nitrogen and oxygen atoms in total. The number of carboxylic acid groups (broad SMARTS) is 1. The van der Waals surface area contributed by atoms with Crippen LogP contribution in [0.3, 0.4) is 0 Å². The van der Waals surface area contributed by atoms with Gasteiger partial charge in [-0.2, -0.15) is 0 Å². The smallest absolute Gasteiger partial charge is 0.305 e. The van der Waals surface area contributed by atoms with Crippen LogP contribution in [-0.4, -0.2) is 42.0 Å². The van der Waals surface area contributed by atoms with Gasteiger partial charge in [-0.05, 0) is 29.8 Å². The van der Waals surface area contributed by atoms with E-state index in [4.69, 9.17) is 9.84 Å². The number of methoxy groups -OCH3 is 1. The number of thioether (sulfide) groups is 1. The van der Waals surface area contributed by atoms with Crippen molar-refractivity contribution < 1.29 is 19.4 Å². The van der Waals surface area contributed by atoms with Crippen LogP contribution in [0.2, 0.25) is 0 Å². The zero-order valence-electron chi connectivity index (χ0n) is 13.7. The van der Waals surface area contributed by atoms with Gasteiger partial charge in [0.1, 0.15) is 0 Å². The highest BCUT2D eigenvalue weighted by molar-refractivity contribution is 8.00. The number of hydrogen-bond donors (Lipinski definition) is 2. The van der Waals surface area contributed by atoms with E-state index in [9.17, 15) is 9.59 Å². The molecule has 0 saturated heterocycles. The summed E-state index contributed by atoms with van der Waals surface area (Å²) in [6, 6.07) is 14.1. The predicted octanol–water partition coefficient (Wildman–Crippen LogP) is 2.93. The van der Waals surface area contributed by atoms with Crippen molar-refractivity contribution in [3.05, 3.63) is 42.5 Å². The summed E-state index contributed by atoms with van der Waals surface area (Å²) in [5, 5.41) is 14.0. The molecule has 0 heterocycles. The number of nitrogens with one attached hydrogen (secondary N) is 1. The van der Waals surface area contributed by atoms with Gasteiger partial charge in [0.05, 0.1) is 24.3 Å². The number of carbonyl (C=O) groups is 2. The number of ether oxygens (including phenoxy) is 1. The normalized spacial score (nSPS) is 13.4. The molecule has 1 unspecified atom stereocenters. The Morgan fingerprint density at radius 2 is 1.92 bits per heavy atom. The topological polar surface area (TPSA) is 75.6 Å². The van der Waals surface area contributed by atoms with Gasteiger partial charge in [0, 0.05) is 12.0 Å². The Morgan fingerprint density at radius 3 is 2.58 bits per heavy atom. The van der Waals surface area contributed by atoms with E-state index in [1.165, 1.54) is 18.9 Å². The SMILES string of the molecule is COCC(C)(CC(=O)O)NC(=O)CSc1ccc2ccccc2c1. The van der Waals surface area contributed by atoms with Crippen LogP contribution >= 0.6 is 11.8 Å². The highest BCUT2D eigenvalue weighted by Crippen LogP contribution is 2.23. The van der Waals surface area contributed by atoms with Gasteiger partial charge in [0.25, 0.3) is 0 Å². The highest BCUT2D eigenvalue weighted by Gasteiger charge is 2.29. The lowest BCUT2D eigenvalue weighted by Crippen LogP contribution is -2.51. The van der Waals surface area contributed by atoms with Gasteiger partial charge in [-0.25, -0.2) is 0 Å². The number of carboxylic acids is 1. The molecule has 2 N–H and O–H groups in total. The van der Waals surface area contributed by atoms with Crippen molar-refractivity contribution >= 4 is 34.4 Å². The average molecular weight is 347 g/mol. The van der Waals surface area contributed by atoms with Crippen molar-refractivity contribution in [2.45, 2.75) is 23.8 Å². The number of benzene rings is 2. The number of amides is 1. The summed E-state index contributed by atoms with van der Waals surface area (Å²) in [6.07, 6.45) is -0.187. The zero-order chi connectivity index (χ0) is 17.6. The van der Waals surface area contributed by atoms with Crippen LogP contribution in [0.15, 0.2) is 47.4 Å². The van der Waals surface area contributed by atoms with Crippen LogP contribution < -0.4 is 5.32 Å². The van der Waals surface area contributed by atoms with Crippen LogP contribution in [0.25, 0.3) is 10.8 Å². The van der Waals surface area contributed by atoms with Crippen molar-refractivity contribution in [3.63, 3.8) is 0 Å². The molecule has 0 spiro atoms. The first-order chi connectivity index (χ1) is 11.4. The van der Waals surface area contributed by atoms with Crippen molar-refractivity contribution in [3.8, 4) is 0 Å². The molecule has 0 radical (unpaired) electrons. The summed E-state index contributed by atoms with van der Waals surface area (Å²) in [5.41, 5.74) is -0.915. The summed E-state index contributed by atoms with van der Waals surface area (Å²) in [6.45, 7) is 1.81. The van der Waals surface area contributed by atoms with Crippen molar-refractivity contribution in [2.24, 2.45) is 0 Å². The number of carbonyl (C=O) groups excluding carboxylic acids is 1. The van der Waals surface area contributed by atoms with E-state index >= 15 is 0 Å². The van der Waals surface area contributed by atoms with Gasteiger partial charge in [-0.3, -0.25) is 9.59 Å². The second-order valence-corrected chi connectivity index (χ2v) is 6.96. The van der Waals surface area contributed by atoms with E-state index in [0.29, 0.717) is 0 Å². The van der Waals surface area contributed by atoms with Crippen molar-refractivity contribution in [1.29, 1.82) is 0 Å². The predicted molar refractivity (Wildman–Crippen MR) is 95.3 cm³/mol. The van der Waals surface area contributed by atoms with E-state index in [0.717, 1.165) is 15.7 Å². The van der Waals surface area contributed by atoms with Crippen LogP contribution in [0.1, 0.15) is 13.3 Å². The Kier molecular flexibility index (Phi) is 6.23. The van der Waals surface area contributed by atoms with E-state index in [2.05, 4.69) is 5.32 Å². The van der Waals surface area contributed by atoms with Gasteiger partial charge < -0.3 is 15.2 Å². The molecule has 0 aliphatic rings. The third-order valence-corrected chi connectivity index (χ3v) is 4.53. The lowest BCUT2D eigenvalue weighted by atomic mass is 9.99. The fourth-order valence-electron chi connectivity index (χ4n) is 2.56. The van der Waals surface area contributed by atoms with E-state index in [-0.39, 0.29) is 24.7 Å². The summed E-state index contributed by atoms with van der Waals surface area (Å²) < 4.78 is 5.03. The first-order valence-electron chi connectivity index (χ1n) is 7.55. The van der Waals surface area contributed by atoms with Gasteiger partial charge in [-0.15, -0.1) is 11.8 Å². The molecule has 1 amide bonds. The number of rotatable bonds is 8. The van der Waals surface area contributed by atoms with Crippen molar-refractivity contribution in [1.82, 2.24) is 5.32 Å². The molecular formula is C18H21NO4S. The standard InChI is InChI=1S/C18H21NO4S/c1-18(12-23-2,10-17(21)22)19-16(20)11-24-15-8-7-13-5-3-4-6-14(13)9-15/h3-9H,10-12H2,1-2H3,(H,19,20)(H,21,22). The van der Waals surface area contributed by atoms with Crippen LogP contribution in [-0.2, 0) is 14.3 Å². The number of hydrogen-bond acceptors (Lipinski definition) is 4. The maximum atomic E-state index is 12.2. The average Bonchev–Trinajstić information content (AvgIpc) is 2.52. The third-order valence-electron chi connectivity index (χ3n) is 3.54. The zero-order valence-corrected chi connectivity index (χ0v) is 14.6. The summed E-state index contributed by atoms with van der Waals surface area (Å²) >= 11 is 1.42. The van der Waals surface area contributed by atoms with Gasteiger partial charge in [0.2, 0.25) is 5.91 Å². The first-order valence-corrected chi connectivity index (χ1v) is 8.54. The molecule has 2 aromatic rings. The van der Waals surface area contributed by atoms with Gasteiger partial charge in [-0.1, -0.05) is 30.3 Å². The molecular weight excluding hydrogens is 326 g/mol. The Morgan fingerprint density at radius 1 is 1.21 bits per heavy atom. The maximum Gasteiger partial charge on any atom is 0.305 e. The second kappa shape index (κ2) is 8.17. The molecule has 0 aromatic heterocycles. The minimum atomic E-state index is -0.975. The fourth-order valence-corrected chi connectivity index (χ4v) is 3.31. The van der Waals surface area contributed by atoms with E-state index < -0.39 is 11.5 Å². The molecule has 6 heteroatoms. The highest BCUT2D eigenvalue weighted by atomic mass is 32.2. The molecule has 0 fully saturated rings. The largest absolute Gasteiger partial charge is 0.481 e. The molecule has 0 aliphatic heterocycles. The quantitative estimate of drug-likeness (QED) is 0.718. The molecule has 24 heavy (non-hydrogen) atoms. The molecule has 2 aromatic carbocycles. The van der Waals surface area contributed by atoms with Crippen LogP contribution in [0.4, 0.5) is 0 Å². The molecule has 2 rings (SSSR count). The second-order valence-electron chi connectivity index (χ2n) is 5.91. The van der Waals surface area contributed by atoms with Crippen LogP contribution in [0.5, 0.6) is 0 Å². The molecule has 1 atom stereocenters. The van der Waals surface area contributed by atoms with E-state index in [1.54, 1.807) is 6.92 Å². The molecule has 128 valence electrons. The summed E-state index contributed by atoms with van der Waals surface area (Å²) in [5.74, 6) is -0.969. The minimum absolute atomic E-state index is 0.145. The first kappa shape index (κ1) is 18.3. The van der Waals surface area contributed by atoms with Gasteiger partial charge in [0.15, 0.2) is 0 Å². The van der Waals surface area contributed by atoms with E-state index in [1.807, 2.05) is 42.5 Å². The monoisotopic (exact) mass is 347 g/mol. The number of fused-ring (bicyclic) bond motifs is 1. The third kappa shape index (κ3) is 5.25. The Labute approximate surface area is 145 Å². The lowest BCUT2D eigenvalue weighted by molar-refractivity contribution is -0.139. The Bertz CT molecular complexity index is 734. The summed E-state index contributed by atoms with van der Waals surface area (Å²) in [7, 11) is 1.48. The number of aliphatic carboxylic acids is 1. The van der Waals surface area contributed by atoms with Crippen molar-refractivity contribution in [2.75, 3.05) is 19.5 Å². The molecule has 0 aliphatic carbocycles. The fraction of sp³-hybridized carbons (Fsp3) is 0.333.